The van der Waals surface area contributed by atoms with E-state index in [-0.39, 0.29) is 6.10 Å². The van der Waals surface area contributed by atoms with Crippen LogP contribution in [0, 0.1) is 0 Å². The molecule has 4 heterocycles. The standard InChI is InChI=1S/C23H23N5OS/c1-16-14-28(9-10-29-16)21-8-7-17(12-24-21)13-25-22-19-11-20(18-5-3-2-4-6-18)30-23(19)27-15-26-22/h2-8,11-12,15-16H,9-10,13-14H2,1H3,(H,25,26,27). The Morgan fingerprint density at radius 1 is 1.13 bits per heavy atom. The van der Waals surface area contributed by atoms with E-state index in [0.717, 1.165) is 47.1 Å². The van der Waals surface area contributed by atoms with Crippen LogP contribution in [0.25, 0.3) is 20.7 Å². The highest BCUT2D eigenvalue weighted by atomic mass is 32.1. The summed E-state index contributed by atoms with van der Waals surface area (Å²) in [5.74, 6) is 1.85. The first-order valence-corrected chi connectivity index (χ1v) is 10.9. The first kappa shape index (κ1) is 19.0. The molecule has 0 amide bonds. The number of anilines is 2. The second-order valence-electron chi connectivity index (χ2n) is 7.42. The van der Waals surface area contributed by atoms with Crippen molar-refractivity contribution in [2.45, 2.75) is 19.6 Å². The molecule has 0 saturated carbocycles. The van der Waals surface area contributed by atoms with Crippen molar-refractivity contribution in [1.29, 1.82) is 0 Å². The molecule has 4 aromatic rings. The Morgan fingerprint density at radius 2 is 2.03 bits per heavy atom. The van der Waals surface area contributed by atoms with Crippen molar-refractivity contribution in [1.82, 2.24) is 15.0 Å². The van der Waals surface area contributed by atoms with Crippen molar-refractivity contribution >= 4 is 33.2 Å². The van der Waals surface area contributed by atoms with E-state index in [2.05, 4.69) is 74.6 Å². The number of nitrogens with one attached hydrogen (secondary N) is 1. The maximum atomic E-state index is 5.62. The molecule has 1 fully saturated rings. The van der Waals surface area contributed by atoms with Crippen LogP contribution in [0.1, 0.15) is 12.5 Å². The molecule has 1 aliphatic heterocycles. The molecule has 1 aromatic carbocycles. The van der Waals surface area contributed by atoms with Crippen LogP contribution < -0.4 is 10.2 Å². The fourth-order valence-electron chi connectivity index (χ4n) is 3.66. The van der Waals surface area contributed by atoms with Gasteiger partial charge in [0.2, 0.25) is 0 Å². The van der Waals surface area contributed by atoms with Gasteiger partial charge in [0, 0.05) is 30.7 Å². The Labute approximate surface area is 179 Å². The van der Waals surface area contributed by atoms with Gasteiger partial charge in [0.05, 0.1) is 18.1 Å². The van der Waals surface area contributed by atoms with Crippen molar-refractivity contribution in [3.63, 3.8) is 0 Å². The van der Waals surface area contributed by atoms with Gasteiger partial charge in [0.1, 0.15) is 22.8 Å². The van der Waals surface area contributed by atoms with Crippen LogP contribution in [0.4, 0.5) is 11.6 Å². The molecular weight excluding hydrogens is 394 g/mol. The van der Waals surface area contributed by atoms with Crippen molar-refractivity contribution in [2.75, 3.05) is 29.9 Å². The molecule has 6 nitrogen and oxygen atoms in total. The highest BCUT2D eigenvalue weighted by Gasteiger charge is 2.17. The summed E-state index contributed by atoms with van der Waals surface area (Å²) in [6, 6.07) is 16.7. The molecule has 1 saturated heterocycles. The highest BCUT2D eigenvalue weighted by Crippen LogP contribution is 2.34. The third-order valence-corrected chi connectivity index (χ3v) is 6.31. The SMILES string of the molecule is CC1CN(c2ccc(CNc3ncnc4sc(-c5ccccc5)cc34)cn2)CCO1. The van der Waals surface area contributed by atoms with Crippen molar-refractivity contribution in [2.24, 2.45) is 0 Å². The maximum Gasteiger partial charge on any atom is 0.138 e. The lowest BCUT2D eigenvalue weighted by atomic mass is 10.2. The summed E-state index contributed by atoms with van der Waals surface area (Å²) in [6.07, 6.45) is 3.80. The summed E-state index contributed by atoms with van der Waals surface area (Å²) in [4.78, 5) is 18.0. The normalized spacial score (nSPS) is 16.7. The molecule has 152 valence electrons. The second-order valence-corrected chi connectivity index (χ2v) is 8.45. The van der Waals surface area contributed by atoms with Crippen LogP contribution in [-0.2, 0) is 11.3 Å². The Bertz CT molecular complexity index is 1130. The average molecular weight is 418 g/mol. The van der Waals surface area contributed by atoms with Crippen LogP contribution in [0.3, 0.4) is 0 Å². The number of morpholine rings is 1. The number of thiophene rings is 1. The summed E-state index contributed by atoms with van der Waals surface area (Å²) < 4.78 is 5.62. The number of pyridine rings is 1. The van der Waals surface area contributed by atoms with E-state index < -0.39 is 0 Å². The Morgan fingerprint density at radius 3 is 2.83 bits per heavy atom. The number of rotatable bonds is 5. The van der Waals surface area contributed by atoms with E-state index >= 15 is 0 Å². The van der Waals surface area contributed by atoms with E-state index in [1.54, 1.807) is 17.7 Å². The zero-order valence-corrected chi connectivity index (χ0v) is 17.6. The molecule has 30 heavy (non-hydrogen) atoms. The monoisotopic (exact) mass is 417 g/mol. The molecule has 1 aliphatic rings. The Kier molecular flexibility index (Phi) is 5.29. The van der Waals surface area contributed by atoms with Gasteiger partial charge in [-0.3, -0.25) is 0 Å². The summed E-state index contributed by atoms with van der Waals surface area (Å²) in [5.41, 5.74) is 2.31. The number of benzene rings is 1. The van der Waals surface area contributed by atoms with E-state index in [1.807, 2.05) is 12.3 Å². The summed E-state index contributed by atoms with van der Waals surface area (Å²) >= 11 is 1.68. The summed E-state index contributed by atoms with van der Waals surface area (Å²) in [6.45, 7) is 5.28. The largest absolute Gasteiger partial charge is 0.375 e. The fourth-order valence-corrected chi connectivity index (χ4v) is 4.67. The number of hydrogen-bond acceptors (Lipinski definition) is 7. The van der Waals surface area contributed by atoms with E-state index in [4.69, 9.17) is 4.74 Å². The van der Waals surface area contributed by atoms with Crippen LogP contribution >= 0.6 is 11.3 Å². The lowest BCUT2D eigenvalue weighted by Crippen LogP contribution is -2.41. The first-order chi connectivity index (χ1) is 14.8. The van der Waals surface area contributed by atoms with Gasteiger partial charge in [0.15, 0.2) is 0 Å². The van der Waals surface area contributed by atoms with Gasteiger partial charge in [-0.05, 0) is 30.2 Å². The first-order valence-electron chi connectivity index (χ1n) is 10.1. The predicted octanol–water partition coefficient (Wildman–Crippen LogP) is 4.59. The Balaban J connectivity index is 1.31. The smallest absolute Gasteiger partial charge is 0.138 e. The van der Waals surface area contributed by atoms with Gasteiger partial charge < -0.3 is 15.0 Å². The van der Waals surface area contributed by atoms with Gasteiger partial charge in [-0.1, -0.05) is 36.4 Å². The van der Waals surface area contributed by atoms with Gasteiger partial charge in [-0.25, -0.2) is 15.0 Å². The van der Waals surface area contributed by atoms with Crippen LogP contribution in [0.2, 0.25) is 0 Å². The molecule has 0 radical (unpaired) electrons. The zero-order valence-electron chi connectivity index (χ0n) is 16.8. The number of aromatic nitrogens is 3. The average Bonchev–Trinajstić information content (AvgIpc) is 3.24. The molecule has 1 atom stereocenters. The second kappa shape index (κ2) is 8.38. The molecule has 0 bridgehead atoms. The van der Waals surface area contributed by atoms with E-state index in [0.29, 0.717) is 6.54 Å². The zero-order chi connectivity index (χ0) is 20.3. The van der Waals surface area contributed by atoms with Crippen molar-refractivity contribution < 1.29 is 4.74 Å². The number of ether oxygens (including phenoxy) is 1. The highest BCUT2D eigenvalue weighted by molar-refractivity contribution is 7.21. The minimum Gasteiger partial charge on any atom is -0.375 e. The van der Waals surface area contributed by atoms with E-state index in [1.165, 1.54) is 10.4 Å². The minimum atomic E-state index is 0.244. The number of hydrogen-bond donors (Lipinski definition) is 1. The quantitative estimate of drug-likeness (QED) is 0.512. The van der Waals surface area contributed by atoms with E-state index in [9.17, 15) is 0 Å². The molecule has 1 N–H and O–H groups in total. The predicted molar refractivity (Wildman–Crippen MR) is 122 cm³/mol. The van der Waals surface area contributed by atoms with Crippen LogP contribution in [-0.4, -0.2) is 40.8 Å². The van der Waals surface area contributed by atoms with Crippen LogP contribution in [0.15, 0.2) is 61.1 Å². The summed E-state index contributed by atoms with van der Waals surface area (Å²) in [5, 5.41) is 4.51. The Hall–Kier alpha value is -3.03. The molecular formula is C23H23N5OS. The molecule has 5 rings (SSSR count). The third kappa shape index (κ3) is 3.99. The lowest BCUT2D eigenvalue weighted by molar-refractivity contribution is 0.0529. The molecule has 3 aromatic heterocycles. The lowest BCUT2D eigenvalue weighted by Gasteiger charge is -2.32. The van der Waals surface area contributed by atoms with Gasteiger partial charge in [0.25, 0.3) is 0 Å². The molecule has 0 aliphatic carbocycles. The molecule has 1 unspecified atom stereocenters. The van der Waals surface area contributed by atoms with Crippen molar-refractivity contribution in [3.8, 4) is 10.4 Å². The maximum absolute atomic E-state index is 5.62. The van der Waals surface area contributed by atoms with Crippen molar-refractivity contribution in [3.05, 3.63) is 66.6 Å². The number of nitrogens with zero attached hydrogens (tertiary/aromatic N) is 4. The molecule has 7 heteroatoms. The van der Waals surface area contributed by atoms with Crippen LogP contribution in [0.5, 0.6) is 0 Å². The minimum absolute atomic E-state index is 0.244. The topological polar surface area (TPSA) is 63.2 Å². The molecule has 0 spiro atoms. The van der Waals surface area contributed by atoms with Gasteiger partial charge >= 0.3 is 0 Å². The fraction of sp³-hybridized carbons (Fsp3) is 0.261. The van der Waals surface area contributed by atoms with Gasteiger partial charge in [-0.15, -0.1) is 11.3 Å². The summed E-state index contributed by atoms with van der Waals surface area (Å²) in [7, 11) is 0. The van der Waals surface area contributed by atoms with Gasteiger partial charge in [-0.2, -0.15) is 0 Å². The number of fused-ring (bicyclic) bond motifs is 1. The third-order valence-electron chi connectivity index (χ3n) is 5.22.